The van der Waals surface area contributed by atoms with Gasteiger partial charge in [0, 0.05) is 22.7 Å². The molecular weight excluding hydrogens is 350 g/mol. The summed E-state index contributed by atoms with van der Waals surface area (Å²) < 4.78 is 1.12. The summed E-state index contributed by atoms with van der Waals surface area (Å²) in [7, 11) is 0. The standard InChI is InChI=1S/C19H23N3OS2/c1-12-18(13-8-10-22(12)11-9-13)21-19(23)16-6-7-17(25-16)24-15-4-2-14(20)3-5-15/h2-7,12-13,18H,8-11,20H2,1H3,(H,21,23)/t12-,18+/m1/s1. The second kappa shape index (κ2) is 7.02. The van der Waals surface area contributed by atoms with Gasteiger partial charge in [0.15, 0.2) is 0 Å². The van der Waals surface area contributed by atoms with Crippen LogP contribution in [-0.4, -0.2) is 36.0 Å². The van der Waals surface area contributed by atoms with Gasteiger partial charge in [0.25, 0.3) is 5.91 Å². The number of nitrogen functional groups attached to an aromatic ring is 1. The molecule has 1 amide bonds. The second-order valence-corrected chi connectivity index (χ2v) is 9.36. The molecule has 3 fully saturated rings. The molecule has 0 radical (unpaired) electrons. The molecule has 25 heavy (non-hydrogen) atoms. The van der Waals surface area contributed by atoms with E-state index in [0.29, 0.717) is 12.0 Å². The number of fused-ring (bicyclic) bond motifs is 3. The predicted molar refractivity (Wildman–Crippen MR) is 104 cm³/mol. The molecule has 4 heterocycles. The maximum Gasteiger partial charge on any atom is 0.261 e. The number of anilines is 1. The van der Waals surface area contributed by atoms with E-state index in [0.717, 1.165) is 19.7 Å². The van der Waals surface area contributed by atoms with Crippen LogP contribution in [0.2, 0.25) is 0 Å². The Balaban J connectivity index is 1.41. The fourth-order valence-electron chi connectivity index (χ4n) is 3.92. The molecular formula is C19H23N3OS2. The van der Waals surface area contributed by atoms with E-state index in [4.69, 9.17) is 5.73 Å². The van der Waals surface area contributed by atoms with Crippen molar-refractivity contribution in [3.8, 4) is 0 Å². The molecule has 0 unspecified atom stereocenters. The minimum atomic E-state index is 0.0692. The maximum absolute atomic E-state index is 12.7. The summed E-state index contributed by atoms with van der Waals surface area (Å²) in [5, 5.41) is 3.31. The molecule has 1 aromatic carbocycles. The van der Waals surface area contributed by atoms with E-state index in [2.05, 4.69) is 17.1 Å². The van der Waals surface area contributed by atoms with Gasteiger partial charge in [-0.05, 0) is 75.2 Å². The van der Waals surface area contributed by atoms with Gasteiger partial charge < -0.3 is 11.1 Å². The van der Waals surface area contributed by atoms with Crippen LogP contribution in [0.15, 0.2) is 45.5 Å². The largest absolute Gasteiger partial charge is 0.399 e. The average molecular weight is 374 g/mol. The van der Waals surface area contributed by atoms with Crippen molar-refractivity contribution >= 4 is 34.7 Å². The molecule has 1 aromatic heterocycles. The van der Waals surface area contributed by atoms with E-state index >= 15 is 0 Å². The molecule has 5 rings (SSSR count). The molecule has 2 bridgehead atoms. The number of hydrogen-bond acceptors (Lipinski definition) is 5. The van der Waals surface area contributed by atoms with E-state index < -0.39 is 0 Å². The Labute approximate surface area is 156 Å². The van der Waals surface area contributed by atoms with Crippen LogP contribution in [0.4, 0.5) is 5.69 Å². The number of hydrogen-bond donors (Lipinski definition) is 2. The number of nitrogens with zero attached hydrogens (tertiary/aromatic N) is 1. The first-order chi connectivity index (χ1) is 12.1. The lowest BCUT2D eigenvalue weighted by molar-refractivity contribution is 0.0218. The highest BCUT2D eigenvalue weighted by Gasteiger charge is 2.40. The van der Waals surface area contributed by atoms with Crippen molar-refractivity contribution in [1.82, 2.24) is 10.2 Å². The van der Waals surface area contributed by atoms with E-state index in [-0.39, 0.29) is 11.9 Å². The van der Waals surface area contributed by atoms with Crippen molar-refractivity contribution in [1.29, 1.82) is 0 Å². The molecule has 0 saturated carbocycles. The number of nitrogens with one attached hydrogen (secondary N) is 1. The fraction of sp³-hybridized carbons (Fsp3) is 0.421. The first kappa shape index (κ1) is 16.9. The normalized spacial score (nSPS) is 28.0. The minimum Gasteiger partial charge on any atom is -0.399 e. The van der Waals surface area contributed by atoms with Gasteiger partial charge in [-0.3, -0.25) is 9.69 Å². The van der Waals surface area contributed by atoms with E-state index in [1.54, 1.807) is 23.1 Å². The number of rotatable bonds is 4. The third kappa shape index (κ3) is 3.57. The van der Waals surface area contributed by atoms with Crippen molar-refractivity contribution in [3.05, 3.63) is 41.3 Å². The van der Waals surface area contributed by atoms with Crippen molar-refractivity contribution in [2.45, 2.75) is 41.0 Å². The summed E-state index contributed by atoms with van der Waals surface area (Å²) >= 11 is 3.22. The molecule has 0 aliphatic carbocycles. The monoisotopic (exact) mass is 373 g/mol. The third-order valence-electron chi connectivity index (χ3n) is 5.38. The minimum absolute atomic E-state index is 0.0692. The Hall–Kier alpha value is -1.50. The first-order valence-electron chi connectivity index (χ1n) is 8.78. The number of amides is 1. The predicted octanol–water partition coefficient (Wildman–Crippen LogP) is 3.69. The quantitative estimate of drug-likeness (QED) is 0.803. The molecule has 6 heteroatoms. The van der Waals surface area contributed by atoms with Crippen LogP contribution >= 0.6 is 23.1 Å². The van der Waals surface area contributed by atoms with Crippen LogP contribution in [0.1, 0.15) is 29.4 Å². The molecule has 3 saturated heterocycles. The highest BCUT2D eigenvalue weighted by atomic mass is 32.2. The molecule has 2 atom stereocenters. The highest BCUT2D eigenvalue weighted by Crippen LogP contribution is 2.35. The van der Waals surface area contributed by atoms with Gasteiger partial charge in [-0.1, -0.05) is 11.8 Å². The van der Waals surface area contributed by atoms with Crippen molar-refractivity contribution < 1.29 is 4.79 Å². The van der Waals surface area contributed by atoms with E-state index in [1.807, 2.05) is 36.4 Å². The fourth-order valence-corrected chi connectivity index (χ4v) is 5.92. The van der Waals surface area contributed by atoms with Crippen LogP contribution in [0.3, 0.4) is 0 Å². The van der Waals surface area contributed by atoms with Crippen LogP contribution in [0, 0.1) is 5.92 Å². The van der Waals surface area contributed by atoms with Crippen molar-refractivity contribution in [3.63, 3.8) is 0 Å². The lowest BCUT2D eigenvalue weighted by Gasteiger charge is -2.49. The topological polar surface area (TPSA) is 58.4 Å². The van der Waals surface area contributed by atoms with E-state index in [1.165, 1.54) is 25.9 Å². The number of thiophene rings is 1. The van der Waals surface area contributed by atoms with E-state index in [9.17, 15) is 4.79 Å². The summed E-state index contributed by atoms with van der Waals surface area (Å²) in [5.41, 5.74) is 6.49. The molecule has 3 N–H and O–H groups in total. The van der Waals surface area contributed by atoms with Crippen molar-refractivity contribution in [2.24, 2.45) is 5.92 Å². The molecule has 0 spiro atoms. The van der Waals surface area contributed by atoms with Crippen LogP contribution < -0.4 is 11.1 Å². The Morgan fingerprint density at radius 2 is 1.92 bits per heavy atom. The van der Waals surface area contributed by atoms with Crippen LogP contribution in [-0.2, 0) is 0 Å². The van der Waals surface area contributed by atoms with Gasteiger partial charge in [-0.25, -0.2) is 0 Å². The second-order valence-electron chi connectivity index (χ2n) is 6.90. The zero-order valence-corrected chi connectivity index (χ0v) is 15.9. The smallest absolute Gasteiger partial charge is 0.261 e. The number of piperidine rings is 3. The van der Waals surface area contributed by atoms with Crippen LogP contribution in [0.5, 0.6) is 0 Å². The lowest BCUT2D eigenvalue weighted by Crippen LogP contribution is -2.62. The Bertz CT molecular complexity index is 748. The highest BCUT2D eigenvalue weighted by molar-refractivity contribution is 8.01. The van der Waals surface area contributed by atoms with Gasteiger partial charge in [0.2, 0.25) is 0 Å². The summed E-state index contributed by atoms with van der Waals surface area (Å²) in [4.78, 5) is 17.1. The van der Waals surface area contributed by atoms with Gasteiger partial charge in [0.05, 0.1) is 9.09 Å². The molecule has 3 aliphatic heterocycles. The zero-order valence-electron chi connectivity index (χ0n) is 14.3. The molecule has 132 valence electrons. The lowest BCUT2D eigenvalue weighted by atomic mass is 9.79. The molecule has 2 aromatic rings. The number of carbonyl (C=O) groups is 1. The third-order valence-corrected chi connectivity index (χ3v) is 7.60. The number of carbonyl (C=O) groups excluding carboxylic acids is 1. The summed E-state index contributed by atoms with van der Waals surface area (Å²) in [6.07, 6.45) is 2.41. The van der Waals surface area contributed by atoms with Crippen LogP contribution in [0.25, 0.3) is 0 Å². The number of nitrogens with two attached hydrogens (primary N) is 1. The summed E-state index contributed by atoms with van der Waals surface area (Å²) in [6.45, 7) is 4.60. The molecule has 3 aliphatic rings. The maximum atomic E-state index is 12.7. The van der Waals surface area contributed by atoms with Gasteiger partial charge in [-0.2, -0.15) is 0 Å². The number of benzene rings is 1. The van der Waals surface area contributed by atoms with Gasteiger partial charge in [-0.15, -0.1) is 11.3 Å². The summed E-state index contributed by atoms with van der Waals surface area (Å²) in [6, 6.07) is 12.5. The summed E-state index contributed by atoms with van der Waals surface area (Å²) in [5.74, 6) is 0.701. The SMILES string of the molecule is C[C@@H]1[C@H](NC(=O)c2ccc(Sc3ccc(N)cc3)s2)C2CCN1CC2. The zero-order chi connectivity index (χ0) is 17.4. The first-order valence-corrected chi connectivity index (χ1v) is 10.4. The van der Waals surface area contributed by atoms with Gasteiger partial charge in [0.1, 0.15) is 0 Å². The Morgan fingerprint density at radius 3 is 2.60 bits per heavy atom. The molecule has 4 nitrogen and oxygen atoms in total. The average Bonchev–Trinajstić information content (AvgIpc) is 3.09. The van der Waals surface area contributed by atoms with Crippen molar-refractivity contribution in [2.75, 3.05) is 18.8 Å². The van der Waals surface area contributed by atoms with Gasteiger partial charge >= 0.3 is 0 Å². The Kier molecular flexibility index (Phi) is 4.75. The Morgan fingerprint density at radius 1 is 1.20 bits per heavy atom.